The summed E-state index contributed by atoms with van der Waals surface area (Å²) in [5.74, 6) is 0. The highest BCUT2D eigenvalue weighted by molar-refractivity contribution is 9.10. The van der Waals surface area contributed by atoms with Gasteiger partial charge in [0.1, 0.15) is 10.3 Å². The third-order valence-electron chi connectivity index (χ3n) is 6.22. The highest BCUT2D eigenvalue weighted by atomic mass is 79.9. The summed E-state index contributed by atoms with van der Waals surface area (Å²) in [5.41, 5.74) is 1.89. The number of nitrogens with zero attached hydrogens (tertiary/aromatic N) is 1. The van der Waals surface area contributed by atoms with Crippen LogP contribution in [0.4, 0.5) is 4.79 Å². The Morgan fingerprint density at radius 1 is 1.08 bits per heavy atom. The topological polar surface area (TPSA) is 64.6 Å². The Kier molecular flexibility index (Phi) is 11.5. The van der Waals surface area contributed by atoms with Gasteiger partial charge in [0.25, 0.3) is 0 Å². The number of ether oxygens (including phenoxy) is 1. The normalized spacial score (nSPS) is 15.3. The second kappa shape index (κ2) is 13.5. The third-order valence-corrected chi connectivity index (χ3v) is 8.44. The van der Waals surface area contributed by atoms with E-state index in [1.165, 1.54) is 0 Å². The summed E-state index contributed by atoms with van der Waals surface area (Å²) < 4.78 is 23.3. The molecule has 5 nitrogen and oxygen atoms in total. The van der Waals surface area contributed by atoms with E-state index < -0.39 is 27.2 Å². The summed E-state index contributed by atoms with van der Waals surface area (Å²) in [5, 5.41) is 0. The fourth-order valence-electron chi connectivity index (χ4n) is 4.32. The highest BCUT2D eigenvalue weighted by Crippen LogP contribution is 2.36. The quantitative estimate of drug-likeness (QED) is 0.206. The van der Waals surface area contributed by atoms with Gasteiger partial charge in [0, 0.05) is 22.4 Å². The minimum absolute atomic E-state index is 0.179. The zero-order chi connectivity index (χ0) is 28.7. The van der Waals surface area contributed by atoms with Crippen molar-refractivity contribution in [1.29, 1.82) is 0 Å². The molecule has 0 bridgehead atoms. The first-order valence-corrected chi connectivity index (χ1v) is 15.1. The van der Waals surface area contributed by atoms with Crippen LogP contribution in [0.15, 0.2) is 71.2 Å². The lowest BCUT2D eigenvalue weighted by Crippen LogP contribution is -2.52. The van der Waals surface area contributed by atoms with E-state index in [2.05, 4.69) is 39.4 Å². The van der Waals surface area contributed by atoms with Gasteiger partial charge in [0.05, 0.1) is 11.6 Å². The van der Waals surface area contributed by atoms with Crippen molar-refractivity contribution in [2.75, 3.05) is 6.54 Å². The Balaban J connectivity index is 2.40. The number of nitrogens with one attached hydrogen (secondary N) is 1. The Hall–Kier alpha value is -1.80. The molecule has 1 amide bonds. The van der Waals surface area contributed by atoms with Crippen molar-refractivity contribution < 1.29 is 14.1 Å². The average Bonchev–Trinajstić information content (AvgIpc) is 2.80. The zero-order valence-electron chi connectivity index (χ0n) is 24.3. The smallest absolute Gasteiger partial charge is 0.410 e. The molecule has 3 atom stereocenters. The summed E-state index contributed by atoms with van der Waals surface area (Å²) in [6, 6.07) is 18.0. The van der Waals surface area contributed by atoms with Gasteiger partial charge in [-0.15, -0.1) is 11.3 Å². The number of hydrogen-bond donors (Lipinski definition) is 1. The number of rotatable bonds is 11. The zero-order valence-corrected chi connectivity index (χ0v) is 26.7. The summed E-state index contributed by atoms with van der Waals surface area (Å²) in [4.78, 5) is 15.2. The summed E-state index contributed by atoms with van der Waals surface area (Å²) >= 11 is 2.19. The summed E-state index contributed by atoms with van der Waals surface area (Å²) in [6.07, 6.45) is 1.63. The third kappa shape index (κ3) is 9.74. The molecule has 1 N–H and O–H groups in total. The summed E-state index contributed by atoms with van der Waals surface area (Å²) in [7, 11) is 0. The Morgan fingerprint density at radius 2 is 1.66 bits per heavy atom. The number of hydrogen-bond acceptors (Lipinski definition) is 4. The van der Waals surface area contributed by atoms with Gasteiger partial charge >= 0.3 is 6.09 Å². The molecule has 0 aliphatic carbocycles. The fraction of sp³-hybridized carbons (Fsp3) is 0.516. The molecule has 0 heterocycles. The van der Waals surface area contributed by atoms with Gasteiger partial charge in [-0.05, 0) is 97.9 Å². The SMILES string of the molecule is C=C(C)C[C@](CCCN(C(=O)OC(C)(C)C)[C@@H](C)c1ccc(Br)cc1)(N[S+]([O-])C(C)(C)C)c1ccccc1. The number of carbonyl (C=O) groups is 1. The van der Waals surface area contributed by atoms with Crippen LogP contribution in [0, 0.1) is 0 Å². The van der Waals surface area contributed by atoms with E-state index in [0.717, 1.165) is 21.2 Å². The number of amides is 1. The van der Waals surface area contributed by atoms with Crippen LogP contribution < -0.4 is 4.72 Å². The van der Waals surface area contributed by atoms with Gasteiger partial charge in [0.15, 0.2) is 0 Å². The average molecular weight is 606 g/mol. The van der Waals surface area contributed by atoms with Gasteiger partial charge in [-0.3, -0.25) is 0 Å². The van der Waals surface area contributed by atoms with Crippen LogP contribution in [0.3, 0.4) is 0 Å². The van der Waals surface area contributed by atoms with E-state index in [4.69, 9.17) is 4.74 Å². The van der Waals surface area contributed by atoms with Gasteiger partial charge < -0.3 is 14.2 Å². The lowest BCUT2D eigenvalue weighted by Gasteiger charge is -2.39. The highest BCUT2D eigenvalue weighted by Gasteiger charge is 2.40. The Bertz CT molecular complexity index is 1050. The maximum absolute atomic E-state index is 13.4. The molecule has 210 valence electrons. The maximum Gasteiger partial charge on any atom is 0.410 e. The van der Waals surface area contributed by atoms with Crippen molar-refractivity contribution in [2.45, 2.75) is 96.6 Å². The number of carbonyl (C=O) groups excluding carboxylic acids is 1. The van der Waals surface area contributed by atoms with Crippen molar-refractivity contribution in [3.05, 3.63) is 82.3 Å². The van der Waals surface area contributed by atoms with Crippen LogP contribution in [0.5, 0.6) is 0 Å². The molecule has 1 unspecified atom stereocenters. The van der Waals surface area contributed by atoms with Crippen molar-refractivity contribution in [1.82, 2.24) is 9.62 Å². The first-order valence-electron chi connectivity index (χ1n) is 13.2. The molecule has 2 aromatic rings. The van der Waals surface area contributed by atoms with E-state index in [0.29, 0.717) is 25.8 Å². The van der Waals surface area contributed by atoms with E-state index in [1.54, 1.807) is 4.90 Å². The first kappa shape index (κ1) is 32.4. The molecule has 7 heteroatoms. The molecular formula is C31H45BrN2O3S. The van der Waals surface area contributed by atoms with Gasteiger partial charge in [0.2, 0.25) is 0 Å². The van der Waals surface area contributed by atoms with Crippen molar-refractivity contribution in [3.63, 3.8) is 0 Å². The Morgan fingerprint density at radius 3 is 2.16 bits per heavy atom. The monoisotopic (exact) mass is 604 g/mol. The first-order chi connectivity index (χ1) is 17.5. The fourth-order valence-corrected chi connectivity index (χ4v) is 5.54. The molecule has 0 saturated carbocycles. The molecule has 0 aliphatic heterocycles. The maximum atomic E-state index is 13.4. The molecule has 2 aromatic carbocycles. The lowest BCUT2D eigenvalue weighted by atomic mass is 9.81. The second-order valence-electron chi connectivity index (χ2n) is 12.1. The van der Waals surface area contributed by atoms with E-state index in [9.17, 15) is 9.35 Å². The van der Waals surface area contributed by atoms with Crippen molar-refractivity contribution >= 4 is 33.4 Å². The minimum atomic E-state index is -1.30. The molecular weight excluding hydrogens is 560 g/mol. The van der Waals surface area contributed by atoms with Crippen molar-refractivity contribution in [3.8, 4) is 0 Å². The van der Waals surface area contributed by atoms with E-state index in [1.807, 2.05) is 97.9 Å². The predicted molar refractivity (Wildman–Crippen MR) is 163 cm³/mol. The van der Waals surface area contributed by atoms with E-state index >= 15 is 0 Å². The van der Waals surface area contributed by atoms with Crippen molar-refractivity contribution in [2.24, 2.45) is 0 Å². The predicted octanol–water partition coefficient (Wildman–Crippen LogP) is 8.44. The largest absolute Gasteiger partial charge is 0.598 e. The lowest BCUT2D eigenvalue weighted by molar-refractivity contribution is 0.0165. The molecule has 0 aliphatic rings. The molecule has 0 fully saturated rings. The van der Waals surface area contributed by atoms with Crippen LogP contribution in [0.25, 0.3) is 0 Å². The van der Waals surface area contributed by atoms with Gasteiger partial charge in [-0.2, -0.15) is 0 Å². The molecule has 0 radical (unpaired) electrons. The molecule has 0 aromatic heterocycles. The van der Waals surface area contributed by atoms with E-state index in [-0.39, 0.29) is 12.1 Å². The molecule has 0 spiro atoms. The number of benzene rings is 2. The van der Waals surface area contributed by atoms with Gasteiger partial charge in [-0.1, -0.05) is 64.0 Å². The van der Waals surface area contributed by atoms with Gasteiger partial charge in [-0.25, -0.2) is 4.79 Å². The second-order valence-corrected chi connectivity index (χ2v) is 15.0. The van der Waals surface area contributed by atoms with Crippen LogP contribution in [0.1, 0.15) is 91.8 Å². The molecule has 2 rings (SSSR count). The minimum Gasteiger partial charge on any atom is -0.598 e. The molecule has 38 heavy (non-hydrogen) atoms. The van der Waals surface area contributed by atoms with Crippen LogP contribution in [-0.2, 0) is 21.6 Å². The summed E-state index contributed by atoms with van der Waals surface area (Å²) in [6.45, 7) is 20.3. The van der Waals surface area contributed by atoms with Crippen LogP contribution >= 0.6 is 15.9 Å². The Labute approximate surface area is 241 Å². The van der Waals surface area contributed by atoms with Crippen LogP contribution in [-0.4, -0.2) is 32.4 Å². The molecule has 0 saturated heterocycles. The number of halogens is 1. The standard InChI is InChI=1S/C31H45BrN2O3S/c1-23(2)22-31(26-14-11-10-12-15-26,33-38(36)30(7,8)9)20-13-21-34(28(35)37-29(4,5)6)24(3)25-16-18-27(32)19-17-25/h10-12,14-19,24,33H,1,13,20-22H2,2-9H3/t24-,31-,38?/m0/s1. The van der Waals surface area contributed by atoms with Crippen LogP contribution in [0.2, 0.25) is 0 Å².